The van der Waals surface area contributed by atoms with Gasteiger partial charge in [0.2, 0.25) is 0 Å². The Morgan fingerprint density at radius 2 is 1.38 bits per heavy atom. The molecule has 1 aromatic rings. The Morgan fingerprint density at radius 3 is 1.69 bits per heavy atom. The first-order valence-corrected chi connectivity index (χ1v) is 12.5. The maximum atomic E-state index is 5.81. The Bertz CT molecular complexity index is 278. The van der Waals surface area contributed by atoms with Gasteiger partial charge in [-0.15, -0.1) is 55.4 Å². The lowest BCUT2D eigenvalue weighted by molar-refractivity contribution is 1.83. The molecule has 0 aliphatic rings. The van der Waals surface area contributed by atoms with E-state index in [1.807, 2.05) is 12.1 Å². The van der Waals surface area contributed by atoms with Crippen LogP contribution in [0.3, 0.4) is 0 Å². The van der Waals surface area contributed by atoms with E-state index in [2.05, 4.69) is 0 Å². The molecule has 0 saturated carbocycles. The van der Waals surface area contributed by atoms with Crippen LogP contribution in [-0.4, -0.2) is 13.4 Å². The minimum atomic E-state index is -2.75. The molecule has 0 nitrogen and oxygen atoms in total. The second kappa shape index (κ2) is 4.75. The van der Waals surface area contributed by atoms with Crippen LogP contribution < -0.4 is 10.4 Å². The molecule has 0 aliphatic carbocycles. The van der Waals surface area contributed by atoms with E-state index in [0.717, 1.165) is 10.4 Å². The van der Waals surface area contributed by atoms with Gasteiger partial charge in [0.25, 0.3) is 7.42 Å². The van der Waals surface area contributed by atoms with Crippen LogP contribution in [0.1, 0.15) is 0 Å². The van der Waals surface area contributed by atoms with Crippen molar-refractivity contribution in [2.45, 2.75) is 0 Å². The van der Waals surface area contributed by atoms with Crippen LogP contribution in [0.25, 0.3) is 0 Å². The molecule has 0 aliphatic heterocycles. The molecule has 0 unspecified atom stereocenters. The van der Waals surface area contributed by atoms with E-state index < -0.39 is 13.4 Å². The zero-order chi connectivity index (χ0) is 10.1. The van der Waals surface area contributed by atoms with Crippen LogP contribution in [0.4, 0.5) is 0 Å². The molecular weight excluding hydrogens is 306 g/mol. The molecule has 0 heterocycles. The normalized spacial score (nSPS) is 12.2. The third kappa shape index (κ3) is 3.63. The summed E-state index contributed by atoms with van der Waals surface area (Å²) in [5, 5.41) is 1.69. The zero-order valence-electron chi connectivity index (χ0n) is 6.28. The van der Waals surface area contributed by atoms with E-state index in [9.17, 15) is 0 Å². The maximum Gasteiger partial charge on any atom is 0.372 e. The first-order valence-electron chi connectivity index (χ1n) is 3.36. The summed E-state index contributed by atoms with van der Waals surface area (Å²) in [6.45, 7) is 0. The number of rotatable bonds is 2. The largest absolute Gasteiger partial charge is 0.372 e. The lowest BCUT2D eigenvalue weighted by Gasteiger charge is -2.08. The fourth-order valence-electron chi connectivity index (χ4n) is 0.818. The predicted molar refractivity (Wildman–Crippen MR) is 67.9 cm³/mol. The van der Waals surface area contributed by atoms with Crippen LogP contribution in [0.2, 0.25) is 0 Å². The molecule has 0 bridgehead atoms. The van der Waals surface area contributed by atoms with Crippen molar-refractivity contribution < 1.29 is 0 Å². The lowest BCUT2D eigenvalue weighted by Crippen LogP contribution is -2.32. The third-order valence-corrected chi connectivity index (χ3v) is 6.84. The number of hydrogen-bond acceptors (Lipinski definition) is 0. The summed E-state index contributed by atoms with van der Waals surface area (Å²) < 4.78 is 0. The molecule has 1 rings (SSSR count). The zero-order valence-corrected chi connectivity index (χ0v) is 12.2. The lowest BCUT2D eigenvalue weighted by atomic mass is 10.4. The summed E-state index contributed by atoms with van der Waals surface area (Å²) in [5.41, 5.74) is 0. The summed E-state index contributed by atoms with van der Waals surface area (Å²) in [6.07, 6.45) is 0. The van der Waals surface area contributed by atoms with Gasteiger partial charge >= 0.3 is 6.00 Å². The van der Waals surface area contributed by atoms with Crippen molar-refractivity contribution in [1.29, 1.82) is 0 Å². The van der Waals surface area contributed by atoms with Crippen molar-refractivity contribution in [2.24, 2.45) is 0 Å². The van der Waals surface area contributed by atoms with Gasteiger partial charge in [0.1, 0.15) is 0 Å². The van der Waals surface area contributed by atoms with E-state index in [1.54, 1.807) is 12.1 Å². The molecule has 1 aromatic carbocycles. The fourth-order valence-corrected chi connectivity index (χ4v) is 3.85. The van der Waals surface area contributed by atoms with Crippen molar-refractivity contribution in [1.82, 2.24) is 0 Å². The summed E-state index contributed by atoms with van der Waals surface area (Å²) in [6, 6.07) is 4.45. The maximum absolute atomic E-state index is 5.81. The minimum Gasteiger partial charge on any atom is -0.144 e. The molecule has 13 heavy (non-hydrogen) atoms. The van der Waals surface area contributed by atoms with Gasteiger partial charge < -0.3 is 0 Å². The molecular formula is C6H5Cl5Si2. The van der Waals surface area contributed by atoms with E-state index in [1.165, 1.54) is 0 Å². The topological polar surface area (TPSA) is 0 Å². The van der Waals surface area contributed by atoms with Crippen LogP contribution in [-0.2, 0) is 0 Å². The Kier molecular flexibility index (Phi) is 4.45. The third-order valence-electron chi connectivity index (χ3n) is 1.49. The molecule has 0 radical (unpaired) electrons. The highest BCUT2D eigenvalue weighted by molar-refractivity contribution is 7.69. The van der Waals surface area contributed by atoms with E-state index in [4.69, 9.17) is 55.4 Å². The van der Waals surface area contributed by atoms with Crippen LogP contribution in [0, 0.1) is 0 Å². The van der Waals surface area contributed by atoms with Crippen molar-refractivity contribution in [3.05, 3.63) is 24.3 Å². The van der Waals surface area contributed by atoms with Crippen molar-refractivity contribution in [3.63, 3.8) is 0 Å². The highest BCUT2D eigenvalue weighted by Gasteiger charge is 2.27. The highest BCUT2D eigenvalue weighted by Crippen LogP contribution is 2.18. The first kappa shape index (κ1) is 12.2. The van der Waals surface area contributed by atoms with Crippen LogP contribution in [0.15, 0.2) is 24.3 Å². The molecule has 0 N–H and O–H groups in total. The van der Waals surface area contributed by atoms with Crippen LogP contribution >= 0.6 is 55.4 Å². The summed E-state index contributed by atoms with van der Waals surface area (Å²) in [7, 11) is -1.77. The predicted octanol–water partition coefficient (Wildman–Crippen LogP) is 2.45. The number of halogens is 5. The Morgan fingerprint density at radius 1 is 0.923 bits per heavy atom. The minimum absolute atomic E-state index is 0.754. The van der Waals surface area contributed by atoms with Gasteiger partial charge in [-0.25, -0.2) is 0 Å². The van der Waals surface area contributed by atoms with Crippen molar-refractivity contribution in [3.8, 4) is 0 Å². The Balaban J connectivity index is 2.94. The van der Waals surface area contributed by atoms with E-state index in [0.29, 0.717) is 0 Å². The summed E-state index contributed by atoms with van der Waals surface area (Å²) >= 11 is 29.0. The molecule has 0 spiro atoms. The Hall–Kier alpha value is 1.10. The molecule has 0 aromatic heterocycles. The van der Waals surface area contributed by atoms with Gasteiger partial charge in [0.15, 0.2) is 0 Å². The molecule has 0 saturated heterocycles. The number of benzene rings is 1. The standard InChI is InChI=1S/C6H5Cl5Si2/c7-12(8)5-1-3-6(4-2-5)13(9,10)11/h1-4,12H. The van der Waals surface area contributed by atoms with Gasteiger partial charge in [-0.1, -0.05) is 24.3 Å². The Labute approximate surface area is 103 Å². The van der Waals surface area contributed by atoms with Gasteiger partial charge in [-0.2, -0.15) is 0 Å². The monoisotopic (exact) mass is 308 g/mol. The smallest absolute Gasteiger partial charge is 0.144 e. The molecule has 72 valence electrons. The number of hydrogen-bond donors (Lipinski definition) is 0. The van der Waals surface area contributed by atoms with Gasteiger partial charge in [-0.3, -0.25) is 0 Å². The summed E-state index contributed by atoms with van der Waals surface area (Å²) in [4.78, 5) is 0. The average Bonchev–Trinajstić information content (AvgIpc) is 2.03. The van der Waals surface area contributed by atoms with Gasteiger partial charge in [0, 0.05) is 0 Å². The molecule has 0 amide bonds. The van der Waals surface area contributed by atoms with Gasteiger partial charge in [-0.05, 0) is 10.4 Å². The van der Waals surface area contributed by atoms with E-state index in [-0.39, 0.29) is 0 Å². The fraction of sp³-hybridized carbons (Fsp3) is 0. The average molecular weight is 311 g/mol. The van der Waals surface area contributed by atoms with Crippen molar-refractivity contribution in [2.75, 3.05) is 0 Å². The quantitative estimate of drug-likeness (QED) is 0.581. The van der Waals surface area contributed by atoms with Gasteiger partial charge in [0.05, 0.1) is 0 Å². The van der Waals surface area contributed by atoms with E-state index >= 15 is 0 Å². The van der Waals surface area contributed by atoms with Crippen LogP contribution in [0.5, 0.6) is 0 Å². The van der Waals surface area contributed by atoms with Crippen molar-refractivity contribution >= 4 is 79.2 Å². The second-order valence-electron chi connectivity index (χ2n) is 2.42. The summed E-state index contributed by atoms with van der Waals surface area (Å²) in [5.74, 6) is 0. The highest BCUT2D eigenvalue weighted by atomic mass is 35.8. The first-order chi connectivity index (χ1) is 5.91. The second-order valence-corrected chi connectivity index (χ2v) is 15.4. The molecule has 0 fully saturated rings. The SMILES string of the molecule is Cl[SiH](Cl)c1ccc([Si](Cl)(Cl)Cl)cc1. The molecule has 7 heteroatoms. The molecule has 0 atom stereocenters.